The Morgan fingerprint density at radius 2 is 2.07 bits per heavy atom. The summed E-state index contributed by atoms with van der Waals surface area (Å²) in [6.07, 6.45) is 3.00. The Balaban J connectivity index is 1.69. The van der Waals surface area contributed by atoms with Gasteiger partial charge in [0.05, 0.1) is 18.7 Å². The molecule has 7 nitrogen and oxygen atoms in total. The quantitative estimate of drug-likeness (QED) is 0.648. The maximum atomic E-state index is 13.2. The van der Waals surface area contributed by atoms with Crippen LogP contribution in [0.15, 0.2) is 29.4 Å². The molecule has 0 fully saturated rings. The Morgan fingerprint density at radius 3 is 2.89 bits per heavy atom. The lowest BCUT2D eigenvalue weighted by Crippen LogP contribution is -2.33. The van der Waals surface area contributed by atoms with Crippen LogP contribution in [0.25, 0.3) is 5.78 Å². The van der Waals surface area contributed by atoms with E-state index in [1.165, 1.54) is 11.8 Å². The molecule has 27 heavy (non-hydrogen) atoms. The lowest BCUT2D eigenvalue weighted by atomic mass is 10.1. The molecule has 0 N–H and O–H groups in total. The van der Waals surface area contributed by atoms with Gasteiger partial charge in [0.25, 0.3) is 5.78 Å². The number of amides is 1. The average molecular weight is 383 g/mol. The van der Waals surface area contributed by atoms with E-state index in [0.29, 0.717) is 24.1 Å². The van der Waals surface area contributed by atoms with Crippen molar-refractivity contribution < 1.29 is 9.53 Å². The molecule has 2 aromatic heterocycles. The Morgan fingerprint density at radius 1 is 1.26 bits per heavy atom. The van der Waals surface area contributed by atoms with Gasteiger partial charge in [0, 0.05) is 23.5 Å². The van der Waals surface area contributed by atoms with Crippen molar-refractivity contribution in [2.75, 3.05) is 24.3 Å². The van der Waals surface area contributed by atoms with Crippen LogP contribution in [0.1, 0.15) is 23.4 Å². The molecule has 1 aromatic carbocycles. The monoisotopic (exact) mass is 383 g/mol. The topological polar surface area (TPSA) is 72.6 Å². The number of nitrogens with zero attached hydrogens (tertiary/aromatic N) is 5. The fraction of sp³-hybridized carbons (Fsp3) is 0.368. The van der Waals surface area contributed by atoms with E-state index >= 15 is 0 Å². The molecule has 140 valence electrons. The minimum atomic E-state index is 0.0329. The highest BCUT2D eigenvalue weighted by Gasteiger charge is 2.24. The summed E-state index contributed by atoms with van der Waals surface area (Å²) in [6.45, 7) is 5.14. The van der Waals surface area contributed by atoms with Gasteiger partial charge in [-0.15, -0.1) is 5.10 Å². The van der Waals surface area contributed by atoms with Gasteiger partial charge in [-0.2, -0.15) is 4.98 Å². The first-order chi connectivity index (χ1) is 13.1. The van der Waals surface area contributed by atoms with Gasteiger partial charge in [0.15, 0.2) is 0 Å². The van der Waals surface area contributed by atoms with E-state index in [-0.39, 0.29) is 12.3 Å². The van der Waals surface area contributed by atoms with E-state index in [2.05, 4.69) is 15.1 Å². The molecule has 3 aromatic rings. The number of carbonyl (C=O) groups excluding carboxylic acids is 1. The Labute approximate surface area is 161 Å². The van der Waals surface area contributed by atoms with Crippen molar-refractivity contribution >= 4 is 29.1 Å². The number of fused-ring (bicyclic) bond motifs is 2. The zero-order valence-corrected chi connectivity index (χ0v) is 16.4. The molecule has 1 amide bonds. The molecule has 0 radical (unpaired) electrons. The van der Waals surface area contributed by atoms with Crippen LogP contribution in [0.3, 0.4) is 0 Å². The van der Waals surface area contributed by atoms with Crippen LogP contribution in [0.5, 0.6) is 5.75 Å². The van der Waals surface area contributed by atoms with Gasteiger partial charge >= 0.3 is 0 Å². The molecule has 8 heteroatoms. The van der Waals surface area contributed by atoms with Gasteiger partial charge in [-0.1, -0.05) is 23.9 Å². The summed E-state index contributed by atoms with van der Waals surface area (Å²) in [6, 6.07) is 7.69. The highest BCUT2D eigenvalue weighted by molar-refractivity contribution is 7.98. The summed E-state index contributed by atoms with van der Waals surface area (Å²) < 4.78 is 7.49. The van der Waals surface area contributed by atoms with Crippen molar-refractivity contribution in [3.8, 4) is 5.75 Å². The lowest BCUT2D eigenvalue weighted by molar-refractivity contribution is -0.118. The average Bonchev–Trinajstić information content (AvgIpc) is 2.96. The van der Waals surface area contributed by atoms with Crippen LogP contribution in [0.2, 0.25) is 0 Å². The molecular formula is C19H21N5O2S. The molecule has 4 rings (SSSR count). The number of rotatable bonds is 3. The number of hydrogen-bond acceptors (Lipinski definition) is 6. The van der Waals surface area contributed by atoms with Crippen LogP contribution in [0, 0.1) is 13.8 Å². The number of carbonyl (C=O) groups is 1. The fourth-order valence-corrected chi connectivity index (χ4v) is 3.70. The molecule has 0 aliphatic carbocycles. The summed E-state index contributed by atoms with van der Waals surface area (Å²) in [7, 11) is 0. The normalized spacial score (nSPS) is 14.0. The third-order valence-corrected chi connectivity index (χ3v) is 5.32. The van der Waals surface area contributed by atoms with Crippen LogP contribution in [-0.2, 0) is 11.2 Å². The lowest BCUT2D eigenvalue weighted by Gasteiger charge is -2.22. The molecule has 0 saturated carbocycles. The van der Waals surface area contributed by atoms with E-state index in [1.54, 1.807) is 4.52 Å². The molecule has 1 aliphatic heterocycles. The Hall–Kier alpha value is -2.61. The van der Waals surface area contributed by atoms with Crippen molar-refractivity contribution in [1.82, 2.24) is 19.6 Å². The first-order valence-electron chi connectivity index (χ1n) is 8.87. The molecule has 3 heterocycles. The highest BCUT2D eigenvalue weighted by atomic mass is 32.2. The summed E-state index contributed by atoms with van der Waals surface area (Å²) >= 11 is 1.47. The van der Waals surface area contributed by atoms with E-state index in [4.69, 9.17) is 4.74 Å². The first kappa shape index (κ1) is 17.8. The fourth-order valence-electron chi connectivity index (χ4n) is 3.37. The summed E-state index contributed by atoms with van der Waals surface area (Å²) in [5, 5.41) is 5.14. The second-order valence-electron chi connectivity index (χ2n) is 6.46. The zero-order valence-electron chi connectivity index (χ0n) is 15.6. The van der Waals surface area contributed by atoms with Crippen molar-refractivity contribution in [2.24, 2.45) is 0 Å². The SMILES string of the molecule is CSc1nc2nc(C)c(CC(=O)N3CCCOc4ccccc43)c(C)n2n1. The number of para-hydroxylation sites is 2. The van der Waals surface area contributed by atoms with Crippen molar-refractivity contribution in [2.45, 2.75) is 31.8 Å². The highest BCUT2D eigenvalue weighted by Crippen LogP contribution is 2.31. The number of ether oxygens (including phenoxy) is 1. The van der Waals surface area contributed by atoms with Crippen LogP contribution >= 0.6 is 11.8 Å². The summed E-state index contributed by atoms with van der Waals surface area (Å²) in [5.41, 5.74) is 3.44. The smallest absolute Gasteiger partial charge is 0.253 e. The molecule has 0 unspecified atom stereocenters. The first-order valence-corrected chi connectivity index (χ1v) is 10.1. The van der Waals surface area contributed by atoms with Gasteiger partial charge in [-0.05, 0) is 38.7 Å². The van der Waals surface area contributed by atoms with E-state index < -0.39 is 0 Å². The zero-order chi connectivity index (χ0) is 19.0. The van der Waals surface area contributed by atoms with Crippen molar-refractivity contribution in [3.05, 3.63) is 41.2 Å². The van der Waals surface area contributed by atoms with Crippen molar-refractivity contribution in [3.63, 3.8) is 0 Å². The van der Waals surface area contributed by atoms with E-state index in [9.17, 15) is 4.79 Å². The summed E-state index contributed by atoms with van der Waals surface area (Å²) in [5.74, 6) is 1.36. The second-order valence-corrected chi connectivity index (χ2v) is 7.24. The number of aromatic nitrogens is 4. The number of benzene rings is 1. The maximum Gasteiger partial charge on any atom is 0.253 e. The van der Waals surface area contributed by atoms with Gasteiger partial charge in [0.2, 0.25) is 11.1 Å². The third-order valence-electron chi connectivity index (χ3n) is 4.78. The molecule has 0 spiro atoms. The predicted octanol–water partition coefficient (Wildman–Crippen LogP) is 2.82. The standard InChI is InChI=1S/C19H21N5O2S/c1-12-14(13(2)24-18(20-12)21-19(22-24)27-3)11-17(25)23-9-6-10-26-16-8-5-4-7-15(16)23/h4-5,7-8H,6,9-11H2,1-3H3. The molecule has 0 saturated heterocycles. The van der Waals surface area contributed by atoms with Gasteiger partial charge in [-0.3, -0.25) is 4.79 Å². The predicted molar refractivity (Wildman–Crippen MR) is 105 cm³/mol. The summed E-state index contributed by atoms with van der Waals surface area (Å²) in [4.78, 5) is 23.9. The third kappa shape index (κ3) is 3.25. The molecule has 0 bridgehead atoms. The Kier molecular flexibility index (Phi) is 4.73. The molecule has 0 atom stereocenters. The molecule has 1 aliphatic rings. The van der Waals surface area contributed by atoms with E-state index in [1.807, 2.05) is 49.3 Å². The van der Waals surface area contributed by atoms with Crippen molar-refractivity contribution in [1.29, 1.82) is 0 Å². The van der Waals surface area contributed by atoms with Crippen LogP contribution in [0.4, 0.5) is 5.69 Å². The van der Waals surface area contributed by atoms with E-state index in [0.717, 1.165) is 34.8 Å². The minimum absolute atomic E-state index is 0.0329. The minimum Gasteiger partial charge on any atom is -0.491 e. The van der Waals surface area contributed by atoms with Crippen LogP contribution in [-0.4, -0.2) is 44.9 Å². The number of thioether (sulfide) groups is 1. The number of aryl methyl sites for hydroxylation is 2. The second kappa shape index (κ2) is 7.19. The number of hydrogen-bond donors (Lipinski definition) is 0. The maximum absolute atomic E-state index is 13.2. The van der Waals surface area contributed by atoms with Crippen LogP contribution < -0.4 is 9.64 Å². The largest absolute Gasteiger partial charge is 0.491 e. The van der Waals surface area contributed by atoms with Gasteiger partial charge in [-0.25, -0.2) is 9.50 Å². The van der Waals surface area contributed by atoms with Gasteiger partial charge in [0.1, 0.15) is 5.75 Å². The van der Waals surface area contributed by atoms with Gasteiger partial charge < -0.3 is 9.64 Å². The Bertz CT molecular complexity index is 1020. The molecular weight excluding hydrogens is 362 g/mol. The number of anilines is 1.